The molecule has 1 atom stereocenters. The highest BCUT2D eigenvalue weighted by atomic mass is 28.3. The number of aliphatic hydroxyl groups is 1. The van der Waals surface area contributed by atoms with Crippen LogP contribution in [-0.2, 0) is 9.53 Å². The largest absolute Gasteiger partial charge is 0.439 e. The Kier molecular flexibility index (Phi) is 6.03. The maximum atomic E-state index is 13.3. The first-order chi connectivity index (χ1) is 15.5. The molecule has 7 nitrogen and oxygen atoms in total. The summed E-state index contributed by atoms with van der Waals surface area (Å²) >= 11 is 0. The van der Waals surface area contributed by atoms with E-state index < -0.39 is 25.8 Å². The Balaban J connectivity index is 1.48. The van der Waals surface area contributed by atoms with Crippen molar-refractivity contribution in [2.24, 2.45) is 4.99 Å². The van der Waals surface area contributed by atoms with Crippen LogP contribution < -0.4 is 5.32 Å². The highest BCUT2D eigenvalue weighted by Gasteiger charge is 2.54. The predicted octanol–water partition coefficient (Wildman–Crippen LogP) is 4.04. The van der Waals surface area contributed by atoms with Gasteiger partial charge in [0.15, 0.2) is 6.10 Å². The first-order valence-corrected chi connectivity index (χ1v) is 15.2. The van der Waals surface area contributed by atoms with Gasteiger partial charge in [0.05, 0.1) is 33.3 Å². The number of amidine groups is 1. The summed E-state index contributed by atoms with van der Waals surface area (Å²) in [6, 6.07) is 9.24. The molecule has 1 fully saturated rings. The van der Waals surface area contributed by atoms with E-state index in [-0.39, 0.29) is 17.6 Å². The standard InChI is InChI=1S/C25H35N3O4Si/c1-24(2)19-14-26-21(27-22(30)25(12-9-13-25)33(3,4)5)18(19)15-28(24)23(31)32-20(16-29)17-10-7-6-8-11-17/h6-8,10-11,20,29H,9,12-16H2,1-5H3,(H,26,27,30). The average Bonchev–Trinajstić information content (AvgIpc) is 3.23. The SMILES string of the molecule is CC1(C)C2=C(CN1C(=O)OC(CO)c1ccccc1)C(NC(=O)C1([Si](C)(C)C)CCC1)=NC2. The number of aliphatic imine (C=N–C) groups is 1. The second-order valence-electron chi connectivity index (χ2n) is 10.9. The van der Waals surface area contributed by atoms with Crippen LogP contribution >= 0.6 is 0 Å². The van der Waals surface area contributed by atoms with Gasteiger partial charge in [0.25, 0.3) is 0 Å². The maximum Gasteiger partial charge on any atom is 0.411 e. The van der Waals surface area contributed by atoms with Crippen LogP contribution in [0.1, 0.15) is 44.8 Å². The first-order valence-electron chi connectivity index (χ1n) is 11.7. The third-order valence-electron chi connectivity index (χ3n) is 7.88. The van der Waals surface area contributed by atoms with Gasteiger partial charge in [-0.25, -0.2) is 4.79 Å². The van der Waals surface area contributed by atoms with Crippen molar-refractivity contribution in [3.8, 4) is 0 Å². The second kappa shape index (κ2) is 8.40. The number of amides is 2. The highest BCUT2D eigenvalue weighted by Crippen LogP contribution is 2.55. The van der Waals surface area contributed by atoms with Gasteiger partial charge < -0.3 is 15.2 Å². The smallest absolute Gasteiger partial charge is 0.411 e. The van der Waals surface area contributed by atoms with E-state index in [0.29, 0.717) is 18.9 Å². The Morgan fingerprint density at radius 1 is 1.21 bits per heavy atom. The molecule has 2 heterocycles. The van der Waals surface area contributed by atoms with E-state index in [2.05, 4.69) is 30.0 Å². The van der Waals surface area contributed by atoms with Gasteiger partial charge >= 0.3 is 6.09 Å². The number of aliphatic hydroxyl groups excluding tert-OH is 1. The van der Waals surface area contributed by atoms with Gasteiger partial charge in [-0.15, -0.1) is 0 Å². The van der Waals surface area contributed by atoms with E-state index in [1.54, 1.807) is 4.90 Å². The molecule has 0 aromatic heterocycles. The van der Waals surface area contributed by atoms with Crippen LogP contribution in [0.25, 0.3) is 0 Å². The third kappa shape index (κ3) is 3.93. The number of nitrogens with one attached hydrogen (secondary N) is 1. The lowest BCUT2D eigenvalue weighted by atomic mass is 9.83. The van der Waals surface area contributed by atoms with Gasteiger partial charge in [-0.05, 0) is 37.8 Å². The van der Waals surface area contributed by atoms with Crippen molar-refractivity contribution in [3.05, 3.63) is 47.0 Å². The Morgan fingerprint density at radius 2 is 1.88 bits per heavy atom. The minimum absolute atomic E-state index is 0.0867. The van der Waals surface area contributed by atoms with Crippen molar-refractivity contribution < 1.29 is 19.4 Å². The van der Waals surface area contributed by atoms with E-state index in [4.69, 9.17) is 4.74 Å². The van der Waals surface area contributed by atoms with Gasteiger partial charge in [0, 0.05) is 10.6 Å². The number of carbonyl (C=O) groups excluding carboxylic acids is 2. The molecule has 2 N–H and O–H groups in total. The normalized spacial score (nSPS) is 21.8. The van der Waals surface area contributed by atoms with Crippen LogP contribution in [0.2, 0.25) is 24.7 Å². The molecule has 2 amide bonds. The zero-order chi connectivity index (χ0) is 24.0. The van der Waals surface area contributed by atoms with Crippen molar-refractivity contribution in [3.63, 3.8) is 0 Å². The minimum Gasteiger partial charge on any atom is -0.439 e. The molecule has 0 saturated heterocycles. The Labute approximate surface area is 196 Å². The lowest BCUT2D eigenvalue weighted by Crippen LogP contribution is -2.55. The zero-order valence-electron chi connectivity index (χ0n) is 20.3. The number of benzene rings is 1. The van der Waals surface area contributed by atoms with Crippen molar-refractivity contribution >= 4 is 25.9 Å². The van der Waals surface area contributed by atoms with E-state index in [0.717, 1.165) is 36.0 Å². The molecule has 178 valence electrons. The molecule has 0 spiro atoms. The van der Waals surface area contributed by atoms with Gasteiger partial charge in [-0.2, -0.15) is 0 Å². The summed E-state index contributed by atoms with van der Waals surface area (Å²) in [7, 11) is -1.70. The molecule has 1 saturated carbocycles. The van der Waals surface area contributed by atoms with E-state index >= 15 is 0 Å². The summed E-state index contributed by atoms with van der Waals surface area (Å²) in [5.41, 5.74) is 2.10. The Morgan fingerprint density at radius 3 is 2.42 bits per heavy atom. The molecule has 4 rings (SSSR count). The van der Waals surface area contributed by atoms with Gasteiger partial charge in [-0.1, -0.05) is 56.4 Å². The van der Waals surface area contributed by atoms with Crippen molar-refractivity contribution in [1.29, 1.82) is 0 Å². The minimum atomic E-state index is -1.70. The molecule has 0 radical (unpaired) electrons. The van der Waals surface area contributed by atoms with Crippen LogP contribution in [0.15, 0.2) is 46.5 Å². The average molecular weight is 470 g/mol. The lowest BCUT2D eigenvalue weighted by molar-refractivity contribution is -0.125. The van der Waals surface area contributed by atoms with Crippen LogP contribution in [0.3, 0.4) is 0 Å². The van der Waals surface area contributed by atoms with Gasteiger partial charge in [-0.3, -0.25) is 14.7 Å². The summed E-state index contributed by atoms with van der Waals surface area (Å²) in [6.45, 7) is 11.2. The number of nitrogens with zero attached hydrogens (tertiary/aromatic N) is 2. The molecule has 1 aliphatic carbocycles. The van der Waals surface area contributed by atoms with E-state index in [1.165, 1.54) is 0 Å². The molecule has 1 aromatic carbocycles. The molecular formula is C25H35N3O4Si. The van der Waals surface area contributed by atoms with E-state index in [9.17, 15) is 14.7 Å². The molecule has 2 aliphatic heterocycles. The number of carbonyl (C=O) groups is 2. The summed E-state index contributed by atoms with van der Waals surface area (Å²) in [6.07, 6.45) is 1.77. The molecule has 0 bridgehead atoms. The third-order valence-corrected chi connectivity index (χ3v) is 11.5. The fourth-order valence-electron chi connectivity index (χ4n) is 5.29. The van der Waals surface area contributed by atoms with Gasteiger partial charge in [0.2, 0.25) is 5.91 Å². The van der Waals surface area contributed by atoms with E-state index in [1.807, 2.05) is 44.2 Å². The summed E-state index contributed by atoms with van der Waals surface area (Å²) in [5.74, 6) is 0.688. The topological polar surface area (TPSA) is 91.2 Å². The number of rotatable bonds is 5. The monoisotopic (exact) mass is 469 g/mol. The number of hydrogen-bond donors (Lipinski definition) is 2. The fraction of sp³-hybridized carbons (Fsp3) is 0.560. The van der Waals surface area contributed by atoms with Crippen molar-refractivity contribution in [1.82, 2.24) is 10.2 Å². The molecule has 8 heteroatoms. The highest BCUT2D eigenvalue weighted by molar-refractivity contribution is 6.82. The summed E-state index contributed by atoms with van der Waals surface area (Å²) in [5, 5.41) is 12.7. The Bertz CT molecular complexity index is 1010. The molecule has 3 aliphatic rings. The zero-order valence-corrected chi connectivity index (χ0v) is 21.3. The second-order valence-corrected chi connectivity index (χ2v) is 16.3. The van der Waals surface area contributed by atoms with Crippen LogP contribution in [0, 0.1) is 0 Å². The molecule has 1 unspecified atom stereocenters. The molecule has 33 heavy (non-hydrogen) atoms. The molecular weight excluding hydrogens is 434 g/mol. The van der Waals surface area contributed by atoms with Crippen molar-refractivity contribution in [2.45, 2.75) is 69.4 Å². The Hall–Kier alpha value is -2.45. The predicted molar refractivity (Wildman–Crippen MR) is 131 cm³/mol. The van der Waals surface area contributed by atoms with Crippen LogP contribution in [0.5, 0.6) is 0 Å². The number of ether oxygens (including phenoxy) is 1. The van der Waals surface area contributed by atoms with Gasteiger partial charge in [0.1, 0.15) is 5.84 Å². The van der Waals surface area contributed by atoms with Crippen LogP contribution in [0.4, 0.5) is 4.79 Å². The number of hydrogen-bond acceptors (Lipinski definition) is 5. The lowest BCUT2D eigenvalue weighted by Gasteiger charge is -2.49. The maximum absolute atomic E-state index is 13.3. The first kappa shape index (κ1) is 23.7. The summed E-state index contributed by atoms with van der Waals surface area (Å²) in [4.78, 5) is 32.8. The van der Waals surface area contributed by atoms with Crippen LogP contribution in [-0.4, -0.2) is 61.2 Å². The molecule has 1 aromatic rings. The quantitative estimate of drug-likeness (QED) is 0.637. The summed E-state index contributed by atoms with van der Waals surface area (Å²) < 4.78 is 5.70. The fourth-order valence-corrected chi connectivity index (χ4v) is 7.89. The van der Waals surface area contributed by atoms with Crippen molar-refractivity contribution in [2.75, 3.05) is 19.7 Å².